The van der Waals surface area contributed by atoms with Crippen molar-refractivity contribution in [3.63, 3.8) is 0 Å². The standard InChI is InChI=1S/C23H31ClN2O2/c1-3-4-5-6-7-8-9-10-18-15-25-22(26-16-18)19-11-12-21(23(27)28)20(14-19)13-17(2)24/h11-12,14-17H,3-10,13H2,1-2H3,(H,27,28)/t17-/m1/s1. The lowest BCUT2D eigenvalue weighted by molar-refractivity contribution is 0.0695. The van der Waals surface area contributed by atoms with Gasteiger partial charge < -0.3 is 5.11 Å². The van der Waals surface area contributed by atoms with E-state index in [4.69, 9.17) is 11.6 Å². The van der Waals surface area contributed by atoms with Crippen LogP contribution >= 0.6 is 11.6 Å². The van der Waals surface area contributed by atoms with Gasteiger partial charge in [0.2, 0.25) is 0 Å². The molecular formula is C23H31ClN2O2. The smallest absolute Gasteiger partial charge is 0.335 e. The fourth-order valence-corrected chi connectivity index (χ4v) is 3.50. The van der Waals surface area contributed by atoms with Crippen LogP contribution in [0.5, 0.6) is 0 Å². The molecule has 1 aromatic carbocycles. The summed E-state index contributed by atoms with van der Waals surface area (Å²) in [7, 11) is 0. The van der Waals surface area contributed by atoms with Gasteiger partial charge in [0.15, 0.2) is 5.82 Å². The predicted molar refractivity (Wildman–Crippen MR) is 115 cm³/mol. The zero-order valence-electron chi connectivity index (χ0n) is 17.0. The Kier molecular flexibility index (Phi) is 9.42. The van der Waals surface area contributed by atoms with E-state index in [0.29, 0.717) is 17.8 Å². The minimum Gasteiger partial charge on any atom is -0.478 e. The van der Waals surface area contributed by atoms with E-state index in [-0.39, 0.29) is 10.9 Å². The number of rotatable bonds is 12. The third-order valence-corrected chi connectivity index (χ3v) is 5.02. The number of hydrogen-bond donors (Lipinski definition) is 1. The summed E-state index contributed by atoms with van der Waals surface area (Å²) in [6, 6.07) is 5.22. The molecule has 0 saturated heterocycles. The van der Waals surface area contributed by atoms with E-state index in [0.717, 1.165) is 17.5 Å². The van der Waals surface area contributed by atoms with E-state index >= 15 is 0 Å². The number of carboxylic acids is 1. The van der Waals surface area contributed by atoms with Crippen LogP contribution in [0.2, 0.25) is 0 Å². The second-order valence-electron chi connectivity index (χ2n) is 7.45. The van der Waals surface area contributed by atoms with Crippen LogP contribution in [0.3, 0.4) is 0 Å². The summed E-state index contributed by atoms with van der Waals surface area (Å²) >= 11 is 6.08. The molecule has 0 saturated carbocycles. The number of aryl methyl sites for hydroxylation is 1. The molecule has 0 bridgehead atoms. The number of alkyl halides is 1. The lowest BCUT2D eigenvalue weighted by Gasteiger charge is -2.10. The van der Waals surface area contributed by atoms with Crippen LogP contribution < -0.4 is 0 Å². The van der Waals surface area contributed by atoms with Gasteiger partial charge >= 0.3 is 5.97 Å². The topological polar surface area (TPSA) is 63.1 Å². The van der Waals surface area contributed by atoms with E-state index in [1.807, 2.05) is 25.4 Å². The summed E-state index contributed by atoms with van der Waals surface area (Å²) in [4.78, 5) is 20.4. The Bertz CT molecular complexity index is 745. The second kappa shape index (κ2) is 11.8. The highest BCUT2D eigenvalue weighted by molar-refractivity contribution is 6.20. The molecule has 4 nitrogen and oxygen atoms in total. The number of benzene rings is 1. The number of halogens is 1. The third kappa shape index (κ3) is 7.23. The van der Waals surface area contributed by atoms with Gasteiger partial charge in [0.1, 0.15) is 0 Å². The van der Waals surface area contributed by atoms with Crippen LogP contribution in [-0.4, -0.2) is 26.4 Å². The first kappa shape index (κ1) is 22.4. The lowest BCUT2D eigenvalue weighted by Crippen LogP contribution is -2.07. The first-order valence-corrected chi connectivity index (χ1v) is 10.8. The predicted octanol–water partition coefficient (Wildman–Crippen LogP) is 6.30. The molecule has 1 atom stereocenters. The van der Waals surface area contributed by atoms with Gasteiger partial charge in [0.25, 0.3) is 0 Å². The van der Waals surface area contributed by atoms with Crippen LogP contribution in [0.15, 0.2) is 30.6 Å². The van der Waals surface area contributed by atoms with E-state index in [9.17, 15) is 9.90 Å². The van der Waals surface area contributed by atoms with Crippen molar-refractivity contribution in [2.45, 2.75) is 77.0 Å². The number of aromatic nitrogens is 2. The molecular weight excluding hydrogens is 372 g/mol. The summed E-state index contributed by atoms with van der Waals surface area (Å²) < 4.78 is 0. The molecule has 0 radical (unpaired) electrons. The first-order chi connectivity index (χ1) is 13.5. The van der Waals surface area contributed by atoms with Gasteiger partial charge in [-0.3, -0.25) is 0 Å². The maximum absolute atomic E-state index is 11.4. The molecule has 0 fully saturated rings. The fourth-order valence-electron chi connectivity index (χ4n) is 3.33. The number of carboxylic acid groups (broad SMARTS) is 1. The van der Waals surface area contributed by atoms with E-state index in [1.54, 1.807) is 12.1 Å². The highest BCUT2D eigenvalue weighted by atomic mass is 35.5. The van der Waals surface area contributed by atoms with Gasteiger partial charge in [-0.05, 0) is 49.4 Å². The van der Waals surface area contributed by atoms with Crippen LogP contribution in [0, 0.1) is 0 Å². The van der Waals surface area contributed by atoms with Gasteiger partial charge in [-0.15, -0.1) is 11.6 Å². The van der Waals surface area contributed by atoms with Crippen LogP contribution in [0.25, 0.3) is 11.4 Å². The molecule has 5 heteroatoms. The van der Waals surface area contributed by atoms with Crippen LogP contribution in [-0.2, 0) is 12.8 Å². The Labute approximate surface area is 173 Å². The zero-order chi connectivity index (χ0) is 20.4. The van der Waals surface area contributed by atoms with E-state index in [1.165, 1.54) is 44.9 Å². The maximum Gasteiger partial charge on any atom is 0.335 e. The zero-order valence-corrected chi connectivity index (χ0v) is 17.7. The number of nitrogens with zero attached hydrogens (tertiary/aromatic N) is 2. The summed E-state index contributed by atoms with van der Waals surface area (Å²) in [6.07, 6.45) is 14.3. The fraction of sp³-hybridized carbons (Fsp3) is 0.522. The largest absolute Gasteiger partial charge is 0.478 e. The quantitative estimate of drug-likeness (QED) is 0.334. The molecule has 28 heavy (non-hydrogen) atoms. The Morgan fingerprint density at radius 2 is 1.71 bits per heavy atom. The molecule has 0 aliphatic carbocycles. The normalized spacial score (nSPS) is 12.1. The van der Waals surface area contributed by atoms with Crippen LogP contribution in [0.4, 0.5) is 0 Å². The SMILES string of the molecule is CCCCCCCCCc1cnc(-c2ccc(C(=O)O)c(C[C@@H](C)Cl)c2)nc1. The maximum atomic E-state index is 11.4. The van der Waals surface area contributed by atoms with Crippen molar-refractivity contribution in [3.05, 3.63) is 47.3 Å². The molecule has 0 aliphatic heterocycles. The summed E-state index contributed by atoms with van der Waals surface area (Å²) in [6.45, 7) is 4.10. The molecule has 2 rings (SSSR count). The molecule has 1 aromatic heterocycles. The highest BCUT2D eigenvalue weighted by Crippen LogP contribution is 2.22. The molecule has 0 aliphatic rings. The average molecular weight is 403 g/mol. The molecule has 0 amide bonds. The van der Waals surface area contributed by atoms with Crippen molar-refractivity contribution in [2.75, 3.05) is 0 Å². The minimum absolute atomic E-state index is 0.140. The molecule has 0 spiro atoms. The third-order valence-electron chi connectivity index (χ3n) is 4.87. The highest BCUT2D eigenvalue weighted by Gasteiger charge is 2.14. The number of carbonyl (C=O) groups is 1. The van der Waals surface area contributed by atoms with Crippen molar-refractivity contribution in [1.82, 2.24) is 9.97 Å². The van der Waals surface area contributed by atoms with Crippen molar-refractivity contribution >= 4 is 17.6 Å². The van der Waals surface area contributed by atoms with Gasteiger partial charge in [0, 0.05) is 23.3 Å². The molecule has 1 heterocycles. The number of aromatic carboxylic acids is 1. The van der Waals surface area contributed by atoms with Gasteiger partial charge in [-0.2, -0.15) is 0 Å². The summed E-state index contributed by atoms with van der Waals surface area (Å²) in [5.74, 6) is -0.325. The van der Waals surface area contributed by atoms with E-state index in [2.05, 4.69) is 16.9 Å². The molecule has 2 aromatic rings. The Morgan fingerprint density at radius 1 is 1.07 bits per heavy atom. The van der Waals surface area contributed by atoms with Gasteiger partial charge in [-0.25, -0.2) is 14.8 Å². The van der Waals surface area contributed by atoms with Crippen molar-refractivity contribution < 1.29 is 9.90 Å². The molecule has 152 valence electrons. The Hall–Kier alpha value is -1.94. The summed E-state index contributed by atoms with van der Waals surface area (Å²) in [5, 5.41) is 9.22. The molecule has 0 unspecified atom stereocenters. The van der Waals surface area contributed by atoms with Gasteiger partial charge in [0.05, 0.1) is 5.56 Å². The van der Waals surface area contributed by atoms with Crippen molar-refractivity contribution in [1.29, 1.82) is 0 Å². The van der Waals surface area contributed by atoms with Crippen molar-refractivity contribution in [2.24, 2.45) is 0 Å². The first-order valence-electron chi connectivity index (χ1n) is 10.3. The minimum atomic E-state index is -0.940. The number of unbranched alkanes of at least 4 members (excludes halogenated alkanes) is 6. The van der Waals surface area contributed by atoms with E-state index < -0.39 is 5.97 Å². The lowest BCUT2D eigenvalue weighted by atomic mass is 9.99. The second-order valence-corrected chi connectivity index (χ2v) is 8.19. The number of hydrogen-bond acceptors (Lipinski definition) is 3. The van der Waals surface area contributed by atoms with Gasteiger partial charge in [-0.1, -0.05) is 51.5 Å². The van der Waals surface area contributed by atoms with Crippen molar-refractivity contribution in [3.8, 4) is 11.4 Å². The Balaban J connectivity index is 1.96. The average Bonchev–Trinajstić information content (AvgIpc) is 2.67. The molecule has 1 N–H and O–H groups in total. The Morgan fingerprint density at radius 3 is 2.32 bits per heavy atom. The monoisotopic (exact) mass is 402 g/mol. The van der Waals surface area contributed by atoms with Crippen LogP contribution in [0.1, 0.15) is 80.3 Å². The summed E-state index contributed by atoms with van der Waals surface area (Å²) in [5.41, 5.74) is 2.96.